The van der Waals surface area contributed by atoms with E-state index in [1.165, 1.54) is 32.1 Å². The van der Waals surface area contributed by atoms with E-state index in [1.54, 1.807) is 0 Å². The van der Waals surface area contributed by atoms with E-state index in [1.807, 2.05) is 0 Å². The fraction of sp³-hybridized carbons (Fsp3) is 0.971. The number of rotatable bonds is 22. The molecular weight excluding hydrogens is 696 g/mol. The largest absolute Gasteiger partial charge is 0.481 e. The molecule has 3 heterocycles. The van der Waals surface area contributed by atoms with Crippen LogP contribution in [0.15, 0.2) is 0 Å². The van der Waals surface area contributed by atoms with Crippen LogP contribution in [0.5, 0.6) is 0 Å². The van der Waals surface area contributed by atoms with E-state index in [2.05, 4.69) is 6.92 Å². The summed E-state index contributed by atoms with van der Waals surface area (Å²) in [5.41, 5.74) is 0. The first-order chi connectivity index (χ1) is 24.8. The van der Waals surface area contributed by atoms with Crippen molar-refractivity contribution < 1.29 is 89.8 Å². The summed E-state index contributed by atoms with van der Waals surface area (Å²) in [6.45, 7) is -0.556. The van der Waals surface area contributed by atoms with Gasteiger partial charge in [-0.25, -0.2) is 0 Å². The maximum atomic E-state index is 12.8. The fourth-order valence-corrected chi connectivity index (χ4v) is 7.23. The van der Waals surface area contributed by atoms with E-state index in [0.29, 0.717) is 12.8 Å². The first kappa shape index (κ1) is 45.2. The Bertz CT molecular complexity index is 1020. The van der Waals surface area contributed by atoms with Gasteiger partial charge in [0.25, 0.3) is 0 Å². The average Bonchev–Trinajstić information content (AvgIpc) is 3.13. The van der Waals surface area contributed by atoms with Crippen molar-refractivity contribution in [2.45, 2.75) is 182 Å². The van der Waals surface area contributed by atoms with Crippen molar-refractivity contribution in [1.82, 2.24) is 0 Å². The molecule has 0 aromatic heterocycles. The molecule has 0 saturated carbocycles. The molecule has 3 fully saturated rings. The Morgan fingerprint density at radius 1 is 0.615 bits per heavy atom. The molecule has 0 radical (unpaired) electrons. The topological polar surface area (TPSA) is 306 Å². The Kier molecular flexibility index (Phi) is 19.0. The second kappa shape index (κ2) is 21.8. The molecule has 0 aromatic carbocycles. The van der Waals surface area contributed by atoms with Crippen molar-refractivity contribution in [3.05, 3.63) is 0 Å². The van der Waals surface area contributed by atoms with Crippen molar-refractivity contribution >= 4 is 5.97 Å². The zero-order valence-electron chi connectivity index (χ0n) is 29.8. The molecule has 0 aromatic rings. The predicted molar refractivity (Wildman–Crippen MR) is 177 cm³/mol. The van der Waals surface area contributed by atoms with Gasteiger partial charge in [0.15, 0.2) is 12.6 Å². The summed E-state index contributed by atoms with van der Waals surface area (Å²) in [7, 11) is 0. The minimum absolute atomic E-state index is 0.178. The van der Waals surface area contributed by atoms with Gasteiger partial charge in [-0.05, 0) is 6.42 Å². The van der Waals surface area contributed by atoms with Crippen LogP contribution in [-0.4, -0.2) is 179 Å². The number of hydrogen-bond donors (Lipinski definition) is 12. The number of aliphatic carboxylic acids is 1. The summed E-state index contributed by atoms with van der Waals surface area (Å²) in [5, 5.41) is 126. The van der Waals surface area contributed by atoms with Crippen LogP contribution >= 0.6 is 0 Å². The van der Waals surface area contributed by atoms with Gasteiger partial charge in [-0.2, -0.15) is 0 Å². The van der Waals surface area contributed by atoms with Crippen molar-refractivity contribution in [3.63, 3.8) is 0 Å². The van der Waals surface area contributed by atoms with Crippen LogP contribution < -0.4 is 0 Å². The molecule has 3 aliphatic heterocycles. The summed E-state index contributed by atoms with van der Waals surface area (Å²) < 4.78 is 28.0. The first-order valence-corrected chi connectivity index (χ1v) is 18.6. The highest BCUT2D eigenvalue weighted by Gasteiger charge is 2.63. The van der Waals surface area contributed by atoms with E-state index >= 15 is 0 Å². The number of carboxylic acid groups (broad SMARTS) is 1. The fourth-order valence-electron chi connectivity index (χ4n) is 7.23. The van der Waals surface area contributed by atoms with Crippen LogP contribution in [0.2, 0.25) is 0 Å². The molecule has 18 nitrogen and oxygen atoms in total. The first-order valence-electron chi connectivity index (χ1n) is 18.6. The molecule has 12 N–H and O–H groups in total. The molecule has 18 heteroatoms. The lowest BCUT2D eigenvalue weighted by Gasteiger charge is -2.54. The van der Waals surface area contributed by atoms with Gasteiger partial charge >= 0.3 is 5.97 Å². The van der Waals surface area contributed by atoms with Gasteiger partial charge in [-0.15, -0.1) is 0 Å². The SMILES string of the molecule is CCCCCCCCCCCCCCC(C(=O)O)C1(O[C@H]2[C@H](O)[C@@H](O)C(O[C@H]3[C@H](O)[C@@H](O)[C@@H](O)O[C@@H]3CO)O[C@@H]2CO)O[C@H](CO)[C@@H](O)[C@H](O)[C@H]1O. The normalized spacial score (nSPS) is 40.5. The van der Waals surface area contributed by atoms with E-state index in [0.717, 1.165) is 32.1 Å². The molecule has 3 unspecified atom stereocenters. The quantitative estimate of drug-likeness (QED) is 0.0512. The summed E-state index contributed by atoms with van der Waals surface area (Å²) >= 11 is 0. The second-order valence-electron chi connectivity index (χ2n) is 14.2. The lowest BCUT2D eigenvalue weighted by molar-refractivity contribution is -0.420. The summed E-state index contributed by atoms with van der Waals surface area (Å²) in [4.78, 5) is 12.8. The molecule has 3 rings (SSSR count). The minimum Gasteiger partial charge on any atom is -0.481 e. The third-order valence-electron chi connectivity index (χ3n) is 10.4. The smallest absolute Gasteiger partial charge is 0.312 e. The third kappa shape index (κ3) is 11.0. The molecular formula is C34H62O18. The Morgan fingerprint density at radius 2 is 1.12 bits per heavy atom. The molecule has 16 atom stereocenters. The molecule has 0 aliphatic carbocycles. The molecule has 306 valence electrons. The van der Waals surface area contributed by atoms with Crippen molar-refractivity contribution in [2.24, 2.45) is 5.92 Å². The highest BCUT2D eigenvalue weighted by Crippen LogP contribution is 2.43. The second-order valence-corrected chi connectivity index (χ2v) is 14.2. The summed E-state index contributed by atoms with van der Waals surface area (Å²) in [6.07, 6.45) is -14.5. The average molecular weight is 759 g/mol. The lowest BCUT2D eigenvalue weighted by Crippen LogP contribution is -2.73. The maximum Gasteiger partial charge on any atom is 0.312 e. The summed E-state index contributed by atoms with van der Waals surface area (Å²) in [6, 6.07) is 0. The van der Waals surface area contributed by atoms with Gasteiger partial charge in [0.2, 0.25) is 5.79 Å². The van der Waals surface area contributed by atoms with Gasteiger partial charge in [-0.3, -0.25) is 4.79 Å². The highest BCUT2D eigenvalue weighted by atomic mass is 16.8. The monoisotopic (exact) mass is 758 g/mol. The molecule has 0 bridgehead atoms. The lowest BCUT2D eigenvalue weighted by atomic mass is 9.81. The minimum atomic E-state index is -2.76. The third-order valence-corrected chi connectivity index (χ3v) is 10.4. The molecule has 0 spiro atoms. The van der Waals surface area contributed by atoms with E-state index in [9.17, 15) is 66.1 Å². The van der Waals surface area contributed by atoms with Gasteiger partial charge < -0.3 is 85.0 Å². The Morgan fingerprint density at radius 3 is 1.63 bits per heavy atom. The van der Waals surface area contributed by atoms with E-state index in [-0.39, 0.29) is 6.42 Å². The number of aliphatic hydroxyl groups excluding tert-OH is 11. The Hall–Kier alpha value is -1.17. The van der Waals surface area contributed by atoms with Gasteiger partial charge in [0.05, 0.1) is 19.8 Å². The predicted octanol–water partition coefficient (Wildman–Crippen LogP) is -2.41. The van der Waals surface area contributed by atoms with Crippen molar-refractivity contribution in [1.29, 1.82) is 0 Å². The standard InChI is InChI=1S/C34H62O18/c1-2-3-4-5-6-7-8-9-10-11-12-13-14-18(31(45)46)34(30(44)25(41)22(38)19(15-35)51-34)52-29-21(17-37)49-33(27(43)24(29)40)50-28-20(16-36)48-32(47)26(42)23(28)39/h18-30,32-33,35-44,47H,2-17H2,1H3,(H,45,46)/t18?,19-,20-,21-,22-,23-,24-,25+,26-,27-,28-,29-,30-,32+,33?,34?/m1/s1. The number of carboxylic acids is 1. The Labute approximate surface area is 303 Å². The summed E-state index contributed by atoms with van der Waals surface area (Å²) in [5.74, 6) is -6.08. The number of aliphatic hydroxyl groups is 11. The van der Waals surface area contributed by atoms with Gasteiger partial charge in [-0.1, -0.05) is 84.0 Å². The van der Waals surface area contributed by atoms with Gasteiger partial charge in [0.1, 0.15) is 79.2 Å². The van der Waals surface area contributed by atoms with Crippen LogP contribution in [-0.2, 0) is 28.5 Å². The van der Waals surface area contributed by atoms with Crippen LogP contribution in [0.3, 0.4) is 0 Å². The molecule has 3 aliphatic rings. The number of ether oxygens (including phenoxy) is 5. The van der Waals surface area contributed by atoms with E-state index < -0.39 is 123 Å². The number of hydrogen-bond acceptors (Lipinski definition) is 17. The zero-order valence-corrected chi connectivity index (χ0v) is 29.8. The Balaban J connectivity index is 1.76. The molecule has 3 saturated heterocycles. The maximum absolute atomic E-state index is 12.8. The molecule has 52 heavy (non-hydrogen) atoms. The number of carbonyl (C=O) groups is 1. The van der Waals surface area contributed by atoms with Crippen molar-refractivity contribution in [2.75, 3.05) is 19.8 Å². The van der Waals surface area contributed by atoms with Gasteiger partial charge in [0, 0.05) is 0 Å². The van der Waals surface area contributed by atoms with Crippen LogP contribution in [0.25, 0.3) is 0 Å². The van der Waals surface area contributed by atoms with Crippen LogP contribution in [0.4, 0.5) is 0 Å². The van der Waals surface area contributed by atoms with Crippen molar-refractivity contribution in [3.8, 4) is 0 Å². The number of unbranched alkanes of at least 4 members (excludes halogenated alkanes) is 11. The zero-order chi connectivity index (χ0) is 38.6. The van der Waals surface area contributed by atoms with E-state index in [4.69, 9.17) is 23.7 Å². The van der Waals surface area contributed by atoms with Crippen LogP contribution in [0.1, 0.15) is 90.4 Å². The molecule has 0 amide bonds. The highest BCUT2D eigenvalue weighted by molar-refractivity contribution is 5.71. The van der Waals surface area contributed by atoms with Crippen LogP contribution in [0, 0.1) is 5.92 Å².